The first-order valence-corrected chi connectivity index (χ1v) is 7.92. The van der Waals surface area contributed by atoms with Gasteiger partial charge in [-0.25, -0.2) is 0 Å². The molecule has 0 aliphatic carbocycles. The third-order valence-corrected chi connectivity index (χ3v) is 4.34. The molecule has 1 aliphatic rings. The second-order valence-electron chi connectivity index (χ2n) is 5.64. The molecule has 1 saturated heterocycles. The summed E-state index contributed by atoms with van der Waals surface area (Å²) in [6.07, 6.45) is 1.10. The van der Waals surface area contributed by atoms with E-state index in [1.165, 1.54) is 11.1 Å². The quantitative estimate of drug-likeness (QED) is 0.931. The van der Waals surface area contributed by atoms with Crippen molar-refractivity contribution < 1.29 is 0 Å². The van der Waals surface area contributed by atoms with Crippen molar-refractivity contribution in [3.05, 3.63) is 70.7 Å². The number of piperazine rings is 1. The summed E-state index contributed by atoms with van der Waals surface area (Å²) in [6.45, 7) is 4.22. The predicted octanol–water partition coefficient (Wildman–Crippen LogP) is 3.36. The Hall–Kier alpha value is -1.35. The Labute approximate surface area is 131 Å². The third kappa shape index (κ3) is 4.07. The first-order chi connectivity index (χ1) is 10.3. The van der Waals surface area contributed by atoms with Gasteiger partial charge in [-0.1, -0.05) is 54.1 Å². The lowest BCUT2D eigenvalue weighted by Gasteiger charge is -2.36. The molecule has 110 valence electrons. The van der Waals surface area contributed by atoms with E-state index in [1.54, 1.807) is 0 Å². The zero-order chi connectivity index (χ0) is 14.5. The van der Waals surface area contributed by atoms with Gasteiger partial charge in [-0.15, -0.1) is 0 Å². The van der Waals surface area contributed by atoms with Gasteiger partial charge in [0.1, 0.15) is 0 Å². The van der Waals surface area contributed by atoms with Crippen LogP contribution in [0.5, 0.6) is 0 Å². The molecule has 1 heterocycles. The van der Waals surface area contributed by atoms with Crippen molar-refractivity contribution in [3.63, 3.8) is 0 Å². The fourth-order valence-electron chi connectivity index (χ4n) is 2.92. The minimum Gasteiger partial charge on any atom is -0.314 e. The molecule has 21 heavy (non-hydrogen) atoms. The predicted molar refractivity (Wildman–Crippen MR) is 88.7 cm³/mol. The van der Waals surface area contributed by atoms with E-state index in [0.29, 0.717) is 6.04 Å². The minimum atomic E-state index is 0.553. The first-order valence-electron chi connectivity index (χ1n) is 7.54. The lowest BCUT2D eigenvalue weighted by atomic mass is 10.0. The molecule has 1 fully saturated rings. The highest BCUT2D eigenvalue weighted by Gasteiger charge is 2.22. The van der Waals surface area contributed by atoms with Crippen molar-refractivity contribution in [2.75, 3.05) is 19.6 Å². The van der Waals surface area contributed by atoms with Gasteiger partial charge >= 0.3 is 0 Å². The van der Waals surface area contributed by atoms with Gasteiger partial charge in [0.15, 0.2) is 0 Å². The van der Waals surface area contributed by atoms with Crippen LogP contribution in [-0.4, -0.2) is 30.6 Å². The van der Waals surface area contributed by atoms with E-state index in [1.807, 2.05) is 12.1 Å². The fraction of sp³-hybridized carbons (Fsp3) is 0.333. The van der Waals surface area contributed by atoms with Crippen LogP contribution >= 0.6 is 11.6 Å². The van der Waals surface area contributed by atoms with E-state index in [2.05, 4.69) is 52.7 Å². The van der Waals surface area contributed by atoms with Gasteiger partial charge in [0, 0.05) is 37.2 Å². The van der Waals surface area contributed by atoms with Gasteiger partial charge in [0.05, 0.1) is 0 Å². The molecular formula is C18H21ClN2. The molecule has 0 saturated carbocycles. The summed E-state index contributed by atoms with van der Waals surface area (Å²) >= 11 is 5.97. The second-order valence-corrected chi connectivity index (χ2v) is 6.08. The normalized spacial score (nSPS) is 19.6. The maximum atomic E-state index is 5.97. The van der Waals surface area contributed by atoms with Gasteiger partial charge < -0.3 is 5.32 Å². The van der Waals surface area contributed by atoms with Crippen molar-refractivity contribution in [2.24, 2.45) is 0 Å². The topological polar surface area (TPSA) is 15.3 Å². The molecule has 0 radical (unpaired) electrons. The van der Waals surface area contributed by atoms with E-state index in [9.17, 15) is 0 Å². The number of hydrogen-bond acceptors (Lipinski definition) is 2. The average molecular weight is 301 g/mol. The molecule has 2 aromatic rings. The highest BCUT2D eigenvalue weighted by atomic mass is 35.5. The minimum absolute atomic E-state index is 0.553. The van der Waals surface area contributed by atoms with Crippen LogP contribution in [0, 0.1) is 0 Å². The molecule has 3 rings (SSSR count). The van der Waals surface area contributed by atoms with Crippen LogP contribution in [0.15, 0.2) is 54.6 Å². The number of nitrogens with one attached hydrogen (secondary N) is 1. The summed E-state index contributed by atoms with van der Waals surface area (Å²) in [5.41, 5.74) is 2.74. The maximum absolute atomic E-state index is 5.97. The van der Waals surface area contributed by atoms with Crippen LogP contribution in [0.2, 0.25) is 5.02 Å². The fourth-order valence-corrected chi connectivity index (χ4v) is 3.05. The Morgan fingerprint density at radius 2 is 1.76 bits per heavy atom. The molecule has 2 aromatic carbocycles. The number of halogens is 1. The van der Waals surface area contributed by atoms with Gasteiger partial charge in [-0.3, -0.25) is 4.90 Å². The van der Waals surface area contributed by atoms with Crippen molar-refractivity contribution in [1.29, 1.82) is 0 Å². The molecule has 0 bridgehead atoms. The second kappa shape index (κ2) is 7.08. The van der Waals surface area contributed by atoms with Crippen LogP contribution < -0.4 is 5.32 Å². The van der Waals surface area contributed by atoms with Crippen LogP contribution in [0.3, 0.4) is 0 Å². The third-order valence-electron chi connectivity index (χ3n) is 4.09. The molecule has 0 amide bonds. The molecule has 3 heteroatoms. The number of hydrogen-bond donors (Lipinski definition) is 1. The summed E-state index contributed by atoms with van der Waals surface area (Å²) in [4.78, 5) is 2.58. The standard InChI is InChI=1S/C18H21ClN2/c19-17-8-6-16(7-9-17)14-21-11-10-20-13-18(21)12-15-4-2-1-3-5-15/h1-9,18,20H,10-14H2. The summed E-state index contributed by atoms with van der Waals surface area (Å²) in [7, 11) is 0. The Kier molecular flexibility index (Phi) is 4.91. The van der Waals surface area contributed by atoms with Crippen LogP contribution in [-0.2, 0) is 13.0 Å². The first kappa shape index (κ1) is 14.6. The van der Waals surface area contributed by atoms with Crippen molar-refractivity contribution in [2.45, 2.75) is 19.0 Å². The van der Waals surface area contributed by atoms with Gasteiger partial charge in [0.25, 0.3) is 0 Å². The van der Waals surface area contributed by atoms with Crippen LogP contribution in [0.25, 0.3) is 0 Å². The SMILES string of the molecule is Clc1ccc(CN2CCNCC2Cc2ccccc2)cc1. The molecule has 0 aromatic heterocycles. The van der Waals surface area contributed by atoms with Gasteiger partial charge in [-0.05, 0) is 29.7 Å². The van der Waals surface area contributed by atoms with Crippen molar-refractivity contribution in [3.8, 4) is 0 Å². The summed E-state index contributed by atoms with van der Waals surface area (Å²) < 4.78 is 0. The Bertz CT molecular complexity index is 553. The summed E-state index contributed by atoms with van der Waals surface area (Å²) in [5.74, 6) is 0. The van der Waals surface area contributed by atoms with Gasteiger partial charge in [-0.2, -0.15) is 0 Å². The van der Waals surface area contributed by atoms with Gasteiger partial charge in [0.2, 0.25) is 0 Å². The van der Waals surface area contributed by atoms with E-state index >= 15 is 0 Å². The Morgan fingerprint density at radius 1 is 1.00 bits per heavy atom. The van der Waals surface area contributed by atoms with E-state index in [4.69, 9.17) is 11.6 Å². The molecule has 2 nitrogen and oxygen atoms in total. The average Bonchev–Trinajstić information content (AvgIpc) is 2.52. The molecule has 0 spiro atoms. The zero-order valence-electron chi connectivity index (χ0n) is 12.1. The maximum Gasteiger partial charge on any atom is 0.0406 e. The molecule has 1 atom stereocenters. The Morgan fingerprint density at radius 3 is 2.52 bits per heavy atom. The zero-order valence-corrected chi connectivity index (χ0v) is 12.9. The van der Waals surface area contributed by atoms with E-state index in [-0.39, 0.29) is 0 Å². The number of rotatable bonds is 4. The van der Waals surface area contributed by atoms with Crippen LogP contribution in [0.4, 0.5) is 0 Å². The highest BCUT2D eigenvalue weighted by molar-refractivity contribution is 6.30. The molecule has 1 N–H and O–H groups in total. The number of nitrogens with zero attached hydrogens (tertiary/aromatic N) is 1. The number of benzene rings is 2. The Balaban J connectivity index is 1.68. The largest absolute Gasteiger partial charge is 0.314 e. The summed E-state index contributed by atoms with van der Waals surface area (Å²) in [5, 5.41) is 4.32. The van der Waals surface area contributed by atoms with Crippen molar-refractivity contribution in [1.82, 2.24) is 10.2 Å². The molecular weight excluding hydrogens is 280 g/mol. The lowest BCUT2D eigenvalue weighted by Crippen LogP contribution is -2.51. The summed E-state index contributed by atoms with van der Waals surface area (Å²) in [6, 6.07) is 19.5. The molecule has 1 aliphatic heterocycles. The van der Waals surface area contributed by atoms with E-state index in [0.717, 1.165) is 37.6 Å². The monoisotopic (exact) mass is 300 g/mol. The smallest absolute Gasteiger partial charge is 0.0406 e. The van der Waals surface area contributed by atoms with Crippen LogP contribution in [0.1, 0.15) is 11.1 Å². The molecule has 1 unspecified atom stereocenters. The highest BCUT2D eigenvalue weighted by Crippen LogP contribution is 2.16. The lowest BCUT2D eigenvalue weighted by molar-refractivity contribution is 0.152. The van der Waals surface area contributed by atoms with E-state index < -0.39 is 0 Å². The van der Waals surface area contributed by atoms with Crippen molar-refractivity contribution >= 4 is 11.6 Å².